The van der Waals surface area contributed by atoms with E-state index in [4.69, 9.17) is 0 Å². The van der Waals surface area contributed by atoms with Crippen molar-refractivity contribution in [2.24, 2.45) is 5.41 Å². The van der Waals surface area contributed by atoms with Gasteiger partial charge in [-0.25, -0.2) is 0 Å². The van der Waals surface area contributed by atoms with Crippen molar-refractivity contribution in [3.63, 3.8) is 0 Å². The summed E-state index contributed by atoms with van der Waals surface area (Å²) in [5.41, 5.74) is -0.812. The molecule has 1 unspecified atom stereocenters. The fourth-order valence-electron chi connectivity index (χ4n) is 1.62. The van der Waals surface area contributed by atoms with Crippen LogP contribution in [-0.2, 0) is 4.79 Å². The first kappa shape index (κ1) is 18.4. The zero-order valence-corrected chi connectivity index (χ0v) is 13.2. The first-order valence-electron chi connectivity index (χ1n) is 6.85. The number of likely N-dealkylation sites (N-methyl/N-ethyl adjacent to an activating group) is 1. The Kier molecular flexibility index (Phi) is 6.97. The first-order chi connectivity index (χ1) is 8.60. The summed E-state index contributed by atoms with van der Waals surface area (Å²) in [6.07, 6.45) is 0.861. The second kappa shape index (κ2) is 7.22. The van der Waals surface area contributed by atoms with Gasteiger partial charge in [-0.15, -0.1) is 0 Å². The van der Waals surface area contributed by atoms with E-state index in [0.29, 0.717) is 6.54 Å². The quantitative estimate of drug-likeness (QED) is 0.606. The highest BCUT2D eigenvalue weighted by Gasteiger charge is 2.30. The maximum atomic E-state index is 12.1. The average molecular weight is 274 g/mol. The van der Waals surface area contributed by atoms with Crippen molar-refractivity contribution in [2.75, 3.05) is 26.8 Å². The summed E-state index contributed by atoms with van der Waals surface area (Å²) in [6.45, 7) is 9.88. The molecule has 0 rings (SSSR count). The van der Waals surface area contributed by atoms with Gasteiger partial charge in [-0.1, -0.05) is 13.8 Å². The highest BCUT2D eigenvalue weighted by atomic mass is 16.3. The third kappa shape index (κ3) is 5.89. The molecular weight excluding hydrogens is 244 g/mol. The molecular formula is C14H30N2O3. The Morgan fingerprint density at radius 3 is 2.11 bits per heavy atom. The van der Waals surface area contributed by atoms with E-state index in [1.165, 1.54) is 0 Å². The second-order valence-corrected chi connectivity index (χ2v) is 6.44. The molecule has 0 aromatic rings. The predicted molar refractivity (Wildman–Crippen MR) is 76.9 cm³/mol. The fourth-order valence-corrected chi connectivity index (χ4v) is 1.62. The van der Waals surface area contributed by atoms with Crippen LogP contribution in [0.3, 0.4) is 0 Å². The number of nitrogens with one attached hydrogen (secondary N) is 1. The van der Waals surface area contributed by atoms with Crippen molar-refractivity contribution in [3.05, 3.63) is 0 Å². The van der Waals surface area contributed by atoms with E-state index < -0.39 is 5.41 Å². The van der Waals surface area contributed by atoms with E-state index in [-0.39, 0.29) is 30.7 Å². The molecule has 0 fully saturated rings. The second-order valence-electron chi connectivity index (χ2n) is 6.44. The van der Waals surface area contributed by atoms with E-state index in [1.54, 1.807) is 6.92 Å². The van der Waals surface area contributed by atoms with Crippen LogP contribution in [-0.4, -0.2) is 59.4 Å². The van der Waals surface area contributed by atoms with Crippen LogP contribution in [0.25, 0.3) is 0 Å². The molecule has 1 amide bonds. The summed E-state index contributed by atoms with van der Waals surface area (Å²) in [6, 6.07) is -0.303. The Bertz CT molecular complexity index is 288. The van der Waals surface area contributed by atoms with Crippen LogP contribution in [0.4, 0.5) is 0 Å². The molecule has 0 aromatic carbocycles. The molecule has 0 aromatic heterocycles. The normalized spacial score (nSPS) is 14.6. The zero-order valence-electron chi connectivity index (χ0n) is 13.2. The maximum Gasteiger partial charge on any atom is 0.237 e. The SMILES string of the molecule is CCC(C)(C)NC(=O)C(C)N(C)CC(C)(CO)CO. The van der Waals surface area contributed by atoms with Crippen molar-refractivity contribution in [1.29, 1.82) is 0 Å². The molecule has 5 heteroatoms. The highest BCUT2D eigenvalue weighted by molar-refractivity contribution is 5.81. The molecule has 19 heavy (non-hydrogen) atoms. The van der Waals surface area contributed by atoms with Gasteiger partial charge in [0.2, 0.25) is 5.91 Å². The molecule has 0 aliphatic rings. The van der Waals surface area contributed by atoms with Crippen LogP contribution in [0.15, 0.2) is 0 Å². The molecule has 5 nitrogen and oxygen atoms in total. The van der Waals surface area contributed by atoms with Crippen molar-refractivity contribution < 1.29 is 15.0 Å². The number of amides is 1. The van der Waals surface area contributed by atoms with Gasteiger partial charge in [-0.2, -0.15) is 0 Å². The number of carbonyl (C=O) groups is 1. The largest absolute Gasteiger partial charge is 0.396 e. The van der Waals surface area contributed by atoms with Crippen molar-refractivity contribution in [3.8, 4) is 0 Å². The Morgan fingerprint density at radius 1 is 1.26 bits per heavy atom. The van der Waals surface area contributed by atoms with Crippen LogP contribution < -0.4 is 5.32 Å². The minimum absolute atomic E-state index is 0.0346. The van der Waals surface area contributed by atoms with E-state index in [1.807, 2.05) is 39.6 Å². The van der Waals surface area contributed by atoms with Gasteiger partial charge in [0.1, 0.15) is 0 Å². The van der Waals surface area contributed by atoms with E-state index in [9.17, 15) is 15.0 Å². The van der Waals surface area contributed by atoms with Crippen molar-refractivity contribution in [2.45, 2.75) is 52.6 Å². The number of hydrogen-bond donors (Lipinski definition) is 3. The Labute approximate surface area is 117 Å². The van der Waals surface area contributed by atoms with Crippen molar-refractivity contribution >= 4 is 5.91 Å². The molecule has 0 saturated carbocycles. The average Bonchev–Trinajstić information content (AvgIpc) is 2.36. The molecule has 0 bridgehead atoms. The topological polar surface area (TPSA) is 72.8 Å². The van der Waals surface area contributed by atoms with Crippen LogP contribution in [0.1, 0.15) is 41.0 Å². The Morgan fingerprint density at radius 2 is 1.74 bits per heavy atom. The van der Waals surface area contributed by atoms with E-state index in [0.717, 1.165) is 6.42 Å². The van der Waals surface area contributed by atoms with Gasteiger partial charge >= 0.3 is 0 Å². The van der Waals surface area contributed by atoms with Crippen LogP contribution in [0.5, 0.6) is 0 Å². The van der Waals surface area contributed by atoms with Gasteiger partial charge in [0.15, 0.2) is 0 Å². The molecule has 0 saturated heterocycles. The lowest BCUT2D eigenvalue weighted by Crippen LogP contribution is -2.53. The van der Waals surface area contributed by atoms with Crippen LogP contribution in [0, 0.1) is 5.41 Å². The van der Waals surface area contributed by atoms with Crippen LogP contribution >= 0.6 is 0 Å². The Hall–Kier alpha value is -0.650. The van der Waals surface area contributed by atoms with E-state index >= 15 is 0 Å². The smallest absolute Gasteiger partial charge is 0.237 e. The minimum Gasteiger partial charge on any atom is -0.396 e. The fraction of sp³-hybridized carbons (Fsp3) is 0.929. The third-order valence-corrected chi connectivity index (χ3v) is 3.78. The lowest BCUT2D eigenvalue weighted by molar-refractivity contribution is -0.128. The molecule has 1 atom stereocenters. The standard InChI is InChI=1S/C14H30N2O3/c1-7-13(3,4)15-12(19)11(2)16(6)8-14(5,9-17)10-18/h11,17-18H,7-10H2,1-6H3,(H,15,19). The molecule has 0 spiro atoms. The van der Waals surface area contributed by atoms with Gasteiger partial charge in [0.05, 0.1) is 19.3 Å². The molecule has 0 aliphatic heterocycles. The van der Waals surface area contributed by atoms with Crippen molar-refractivity contribution in [1.82, 2.24) is 10.2 Å². The summed E-state index contributed by atoms with van der Waals surface area (Å²) in [7, 11) is 1.83. The van der Waals surface area contributed by atoms with Gasteiger partial charge in [-0.05, 0) is 34.2 Å². The maximum absolute atomic E-state index is 12.1. The van der Waals surface area contributed by atoms with Gasteiger partial charge < -0.3 is 15.5 Å². The predicted octanol–water partition coefficient (Wildman–Crippen LogP) is 0.602. The summed E-state index contributed by atoms with van der Waals surface area (Å²) < 4.78 is 0. The number of aliphatic hydroxyl groups excluding tert-OH is 2. The monoisotopic (exact) mass is 274 g/mol. The summed E-state index contributed by atoms with van der Waals surface area (Å²) in [5.74, 6) is -0.0346. The summed E-state index contributed by atoms with van der Waals surface area (Å²) in [5, 5.41) is 21.6. The number of aliphatic hydroxyl groups is 2. The van der Waals surface area contributed by atoms with Gasteiger partial charge in [0.25, 0.3) is 0 Å². The molecule has 0 aliphatic carbocycles. The number of hydrogen-bond acceptors (Lipinski definition) is 4. The van der Waals surface area contributed by atoms with Crippen LogP contribution in [0.2, 0.25) is 0 Å². The summed E-state index contributed by atoms with van der Waals surface area (Å²) >= 11 is 0. The third-order valence-electron chi connectivity index (χ3n) is 3.78. The Balaban J connectivity index is 4.56. The highest BCUT2D eigenvalue weighted by Crippen LogP contribution is 2.17. The molecule has 3 N–H and O–H groups in total. The lowest BCUT2D eigenvalue weighted by Gasteiger charge is -2.35. The molecule has 0 radical (unpaired) electrons. The lowest BCUT2D eigenvalue weighted by atomic mass is 9.92. The minimum atomic E-state index is -0.594. The number of rotatable bonds is 8. The number of carbonyl (C=O) groups excluding carboxylic acids is 1. The number of nitrogens with zero attached hydrogens (tertiary/aromatic N) is 1. The zero-order chi connectivity index (χ0) is 15.3. The molecule has 0 heterocycles. The summed E-state index contributed by atoms with van der Waals surface area (Å²) in [4.78, 5) is 14.0. The van der Waals surface area contributed by atoms with Gasteiger partial charge in [-0.3, -0.25) is 9.69 Å². The first-order valence-corrected chi connectivity index (χ1v) is 6.85. The van der Waals surface area contributed by atoms with E-state index in [2.05, 4.69) is 5.32 Å². The molecule has 114 valence electrons. The van der Waals surface area contributed by atoms with Gasteiger partial charge in [0, 0.05) is 17.5 Å².